The van der Waals surface area contributed by atoms with Gasteiger partial charge in [0.25, 0.3) is 0 Å². The maximum Gasteiger partial charge on any atom is 0.341 e. The highest BCUT2D eigenvalue weighted by Crippen LogP contribution is 2.40. The molecule has 1 aliphatic heterocycles. The van der Waals surface area contributed by atoms with E-state index in [4.69, 9.17) is 10.5 Å². The lowest BCUT2D eigenvalue weighted by atomic mass is 10.1. The van der Waals surface area contributed by atoms with Crippen molar-refractivity contribution in [2.75, 3.05) is 24.3 Å². The van der Waals surface area contributed by atoms with Gasteiger partial charge in [0.15, 0.2) is 0 Å². The summed E-state index contributed by atoms with van der Waals surface area (Å²) in [4.78, 5) is 18.4. The highest BCUT2D eigenvalue weighted by Gasteiger charge is 2.39. The minimum atomic E-state index is -0.368. The second-order valence-corrected chi connectivity index (χ2v) is 5.12. The molecule has 1 saturated heterocycles. The summed E-state index contributed by atoms with van der Waals surface area (Å²) in [5.41, 5.74) is 6.67. The Morgan fingerprint density at radius 2 is 2.39 bits per heavy atom. The molecule has 3 rings (SSSR count). The first-order valence-corrected chi connectivity index (χ1v) is 6.29. The van der Waals surface area contributed by atoms with Gasteiger partial charge in [-0.15, -0.1) is 0 Å². The van der Waals surface area contributed by atoms with Crippen LogP contribution in [0.4, 0.5) is 11.5 Å². The molecular weight excluding hydrogens is 230 g/mol. The van der Waals surface area contributed by atoms with E-state index in [1.54, 1.807) is 12.3 Å². The van der Waals surface area contributed by atoms with Gasteiger partial charge in [0, 0.05) is 12.6 Å². The summed E-state index contributed by atoms with van der Waals surface area (Å²) in [5, 5.41) is 0. The van der Waals surface area contributed by atoms with E-state index in [-0.39, 0.29) is 5.97 Å². The lowest BCUT2D eigenvalue weighted by molar-refractivity contribution is 0.0601. The quantitative estimate of drug-likeness (QED) is 0.801. The van der Waals surface area contributed by atoms with E-state index in [1.165, 1.54) is 26.4 Å². The van der Waals surface area contributed by atoms with Crippen LogP contribution in [0.5, 0.6) is 0 Å². The Hall–Kier alpha value is -1.78. The third kappa shape index (κ3) is 1.70. The Bertz CT molecular complexity index is 489. The first-order valence-electron chi connectivity index (χ1n) is 6.29. The summed E-state index contributed by atoms with van der Waals surface area (Å²) in [6, 6.07) is 2.18. The van der Waals surface area contributed by atoms with Crippen molar-refractivity contribution in [2.24, 2.45) is 5.92 Å². The molecule has 2 unspecified atom stereocenters. The normalized spacial score (nSPS) is 25.5. The number of nitrogen functional groups attached to an aromatic ring is 1. The maximum absolute atomic E-state index is 11.8. The molecule has 0 spiro atoms. The van der Waals surface area contributed by atoms with Gasteiger partial charge in [-0.05, 0) is 31.2 Å². The number of nitrogens with zero attached hydrogens (tertiary/aromatic N) is 2. The fourth-order valence-corrected chi connectivity index (χ4v) is 3.15. The van der Waals surface area contributed by atoms with Crippen LogP contribution >= 0.6 is 0 Å². The number of hydrogen-bond donors (Lipinski definition) is 1. The number of fused-ring (bicyclic) bond motifs is 2. The van der Waals surface area contributed by atoms with Crippen molar-refractivity contribution in [1.82, 2.24) is 4.98 Å². The van der Waals surface area contributed by atoms with Crippen molar-refractivity contribution in [2.45, 2.75) is 25.3 Å². The summed E-state index contributed by atoms with van der Waals surface area (Å²) < 4.78 is 4.81. The van der Waals surface area contributed by atoms with Crippen molar-refractivity contribution < 1.29 is 9.53 Å². The highest BCUT2D eigenvalue weighted by atomic mass is 16.5. The van der Waals surface area contributed by atoms with Gasteiger partial charge in [0.05, 0.1) is 19.0 Å². The molecule has 1 aliphatic carbocycles. The first kappa shape index (κ1) is 11.3. The zero-order valence-corrected chi connectivity index (χ0v) is 10.4. The molecule has 96 valence electrons. The van der Waals surface area contributed by atoms with Gasteiger partial charge in [0.1, 0.15) is 11.4 Å². The zero-order chi connectivity index (χ0) is 12.7. The van der Waals surface area contributed by atoms with Gasteiger partial charge in [-0.25, -0.2) is 9.78 Å². The van der Waals surface area contributed by atoms with Gasteiger partial charge in [-0.1, -0.05) is 0 Å². The van der Waals surface area contributed by atoms with Gasteiger partial charge >= 0.3 is 5.97 Å². The number of rotatable bonds is 2. The molecular formula is C13H17N3O2. The van der Waals surface area contributed by atoms with Crippen LogP contribution in [0.2, 0.25) is 0 Å². The van der Waals surface area contributed by atoms with Crippen LogP contribution in [-0.2, 0) is 4.74 Å². The van der Waals surface area contributed by atoms with Crippen molar-refractivity contribution in [1.29, 1.82) is 0 Å². The topological polar surface area (TPSA) is 68.5 Å². The number of carbonyl (C=O) groups is 1. The van der Waals surface area contributed by atoms with Crippen LogP contribution in [0, 0.1) is 5.92 Å². The second-order valence-electron chi connectivity index (χ2n) is 5.12. The number of hydrogen-bond acceptors (Lipinski definition) is 5. The molecule has 0 aromatic carbocycles. The van der Waals surface area contributed by atoms with Crippen molar-refractivity contribution in [3.05, 3.63) is 17.8 Å². The van der Waals surface area contributed by atoms with Crippen molar-refractivity contribution in [3.8, 4) is 0 Å². The average molecular weight is 247 g/mol. The molecule has 1 aromatic rings. The standard InChI is InChI=1S/C13H17N3O2/c1-18-13(17)11-5-9(14)6-15-12(11)16-7-8-2-3-10(16)4-8/h5-6,8,10H,2-4,7,14H2,1H3. The van der Waals surface area contributed by atoms with E-state index >= 15 is 0 Å². The minimum absolute atomic E-state index is 0.368. The third-order valence-electron chi connectivity index (χ3n) is 3.97. The average Bonchev–Trinajstić information content (AvgIpc) is 3.00. The van der Waals surface area contributed by atoms with Crippen LogP contribution in [0.15, 0.2) is 12.3 Å². The molecule has 1 aromatic heterocycles. The van der Waals surface area contributed by atoms with Crippen LogP contribution in [0.3, 0.4) is 0 Å². The number of anilines is 2. The van der Waals surface area contributed by atoms with E-state index in [0.29, 0.717) is 17.3 Å². The van der Waals surface area contributed by atoms with Gasteiger partial charge < -0.3 is 15.4 Å². The van der Waals surface area contributed by atoms with Gasteiger partial charge in [-0.3, -0.25) is 0 Å². The van der Waals surface area contributed by atoms with E-state index < -0.39 is 0 Å². The second kappa shape index (κ2) is 4.15. The molecule has 5 nitrogen and oxygen atoms in total. The number of esters is 1. The smallest absolute Gasteiger partial charge is 0.341 e. The number of ether oxygens (including phenoxy) is 1. The number of aromatic nitrogens is 1. The summed E-state index contributed by atoms with van der Waals surface area (Å²) in [5.74, 6) is 1.11. The summed E-state index contributed by atoms with van der Waals surface area (Å²) in [6.07, 6.45) is 5.31. The van der Waals surface area contributed by atoms with Crippen molar-refractivity contribution in [3.63, 3.8) is 0 Å². The fourth-order valence-electron chi connectivity index (χ4n) is 3.15. The number of nitrogens with two attached hydrogens (primary N) is 1. The molecule has 18 heavy (non-hydrogen) atoms. The molecule has 2 atom stereocenters. The van der Waals surface area contributed by atoms with Gasteiger partial charge in [-0.2, -0.15) is 0 Å². The molecule has 0 radical (unpaired) electrons. The van der Waals surface area contributed by atoms with E-state index in [0.717, 1.165) is 18.3 Å². The summed E-state index contributed by atoms with van der Waals surface area (Å²) in [7, 11) is 1.38. The Balaban J connectivity index is 1.98. The number of carbonyl (C=O) groups excluding carboxylic acids is 1. The molecule has 2 N–H and O–H groups in total. The SMILES string of the molecule is COC(=O)c1cc(N)cnc1N1CC2CCC1C2. The zero-order valence-electron chi connectivity index (χ0n) is 10.4. The summed E-state index contributed by atoms with van der Waals surface area (Å²) >= 11 is 0. The van der Waals surface area contributed by atoms with Gasteiger partial charge in [0.2, 0.25) is 0 Å². The molecule has 0 amide bonds. The van der Waals surface area contributed by atoms with E-state index in [1.807, 2.05) is 0 Å². The molecule has 2 bridgehead atoms. The molecule has 2 fully saturated rings. The lowest BCUT2D eigenvalue weighted by Crippen LogP contribution is -2.34. The van der Waals surface area contributed by atoms with Crippen LogP contribution in [-0.4, -0.2) is 30.6 Å². The molecule has 5 heteroatoms. The Morgan fingerprint density at radius 1 is 1.56 bits per heavy atom. The van der Waals surface area contributed by atoms with E-state index in [2.05, 4.69) is 9.88 Å². The molecule has 2 aliphatic rings. The predicted octanol–water partition coefficient (Wildman–Crippen LogP) is 1.44. The first-order chi connectivity index (χ1) is 8.69. The van der Waals surface area contributed by atoms with E-state index in [9.17, 15) is 4.79 Å². The lowest BCUT2D eigenvalue weighted by Gasteiger charge is -2.29. The Morgan fingerprint density at radius 3 is 3.00 bits per heavy atom. The number of methoxy groups -OCH3 is 1. The van der Waals surface area contributed by atoms with Crippen molar-refractivity contribution >= 4 is 17.5 Å². The maximum atomic E-state index is 11.8. The Labute approximate surface area is 106 Å². The molecule has 1 saturated carbocycles. The third-order valence-corrected chi connectivity index (χ3v) is 3.97. The highest BCUT2D eigenvalue weighted by molar-refractivity contribution is 5.95. The number of pyridine rings is 1. The monoisotopic (exact) mass is 247 g/mol. The largest absolute Gasteiger partial charge is 0.465 e. The number of piperidine rings is 1. The minimum Gasteiger partial charge on any atom is -0.465 e. The van der Waals surface area contributed by atoms with Crippen LogP contribution < -0.4 is 10.6 Å². The summed E-state index contributed by atoms with van der Waals surface area (Å²) in [6.45, 7) is 0.992. The Kier molecular flexibility index (Phi) is 2.61. The van der Waals surface area contributed by atoms with Crippen LogP contribution in [0.25, 0.3) is 0 Å². The fraction of sp³-hybridized carbons (Fsp3) is 0.538. The predicted molar refractivity (Wildman–Crippen MR) is 68.5 cm³/mol. The molecule has 2 heterocycles. The van der Waals surface area contributed by atoms with Crippen LogP contribution in [0.1, 0.15) is 29.6 Å².